The third-order valence-corrected chi connectivity index (χ3v) is 9.13. The number of methoxy groups -OCH3 is 1. The normalized spacial score (nSPS) is 14.6. The maximum atomic E-state index is 13.7. The van der Waals surface area contributed by atoms with Crippen molar-refractivity contribution in [2.45, 2.75) is 25.9 Å². The van der Waals surface area contributed by atoms with E-state index in [1.165, 1.54) is 30.1 Å². The minimum absolute atomic E-state index is 0.0688. The number of benzene rings is 3. The number of carbonyl (C=O) groups is 1. The molecule has 39 heavy (non-hydrogen) atoms. The average molecular weight is 549 g/mol. The van der Waals surface area contributed by atoms with Crippen LogP contribution in [0.4, 0.5) is 11.4 Å². The summed E-state index contributed by atoms with van der Waals surface area (Å²) in [5.74, 6) is 0.309. The Kier molecular flexibility index (Phi) is 7.34. The molecule has 0 saturated carbocycles. The number of hydrogen-bond donors (Lipinski definition) is 0. The number of nitrogens with zero attached hydrogens (tertiary/aromatic N) is 4. The van der Waals surface area contributed by atoms with Gasteiger partial charge in [0, 0.05) is 18.6 Å². The molecular formula is C28H28N4O6S. The number of aromatic nitrogens is 2. The van der Waals surface area contributed by atoms with Crippen LogP contribution in [-0.4, -0.2) is 43.3 Å². The van der Waals surface area contributed by atoms with Crippen molar-refractivity contribution in [1.82, 2.24) is 9.78 Å². The van der Waals surface area contributed by atoms with Gasteiger partial charge in [0.25, 0.3) is 0 Å². The number of hydrogen-bond acceptors (Lipinski definition) is 8. The second kappa shape index (κ2) is 10.9. The molecule has 11 heteroatoms. The highest BCUT2D eigenvalue weighted by Gasteiger charge is 2.32. The number of carbonyl (C=O) groups excluding carboxylic acids is 1. The summed E-state index contributed by atoms with van der Waals surface area (Å²) in [6, 6.07) is 16.6. The zero-order valence-corrected chi connectivity index (χ0v) is 22.5. The van der Waals surface area contributed by atoms with Crippen LogP contribution in [0.5, 0.6) is 11.6 Å². The largest absolute Gasteiger partial charge is 0.494 e. The summed E-state index contributed by atoms with van der Waals surface area (Å²) in [6.07, 6.45) is 3.72. The van der Waals surface area contributed by atoms with E-state index in [1.54, 1.807) is 7.05 Å². The lowest BCUT2D eigenvalue weighted by Crippen LogP contribution is -2.16. The van der Waals surface area contributed by atoms with Gasteiger partial charge in [-0.25, -0.2) is 8.89 Å². The predicted octanol–water partition coefficient (Wildman–Crippen LogP) is 5.58. The van der Waals surface area contributed by atoms with Crippen molar-refractivity contribution in [2.75, 3.05) is 18.6 Å². The van der Waals surface area contributed by atoms with E-state index in [0.717, 1.165) is 35.6 Å². The Morgan fingerprint density at radius 1 is 1.08 bits per heavy atom. The van der Waals surface area contributed by atoms with E-state index in [9.17, 15) is 19.1 Å². The molecule has 1 aromatic heterocycles. The third kappa shape index (κ3) is 5.35. The quantitative estimate of drug-likeness (QED) is 0.160. The SMILES string of the molecule is COc1ccc(C(=O)c2cnn(C)c2OCc2ccc3ccccc3c2)c([N+](=O)[O-])c1N=S1(=O)CCCCC1. The molecule has 1 fully saturated rings. The Bertz CT molecular complexity index is 1690. The fraction of sp³-hybridized carbons (Fsp3) is 0.286. The number of nitro groups is 1. The first-order chi connectivity index (χ1) is 18.8. The summed E-state index contributed by atoms with van der Waals surface area (Å²) in [5, 5.41) is 18.6. The van der Waals surface area contributed by atoms with Gasteiger partial charge in [-0.1, -0.05) is 42.8 Å². The van der Waals surface area contributed by atoms with E-state index in [2.05, 4.69) is 9.46 Å². The molecule has 0 aliphatic carbocycles. The summed E-state index contributed by atoms with van der Waals surface area (Å²) < 4.78 is 30.5. The summed E-state index contributed by atoms with van der Waals surface area (Å²) in [6.45, 7) is 0.165. The Morgan fingerprint density at radius 2 is 1.82 bits per heavy atom. The predicted molar refractivity (Wildman–Crippen MR) is 148 cm³/mol. The summed E-state index contributed by atoms with van der Waals surface area (Å²) in [7, 11) is 0.273. The van der Waals surface area contributed by atoms with Gasteiger partial charge in [0.2, 0.25) is 11.7 Å². The monoisotopic (exact) mass is 548 g/mol. The third-order valence-electron chi connectivity index (χ3n) is 6.76. The summed E-state index contributed by atoms with van der Waals surface area (Å²) >= 11 is 0. The molecule has 5 rings (SSSR count). The first-order valence-electron chi connectivity index (χ1n) is 12.5. The van der Waals surface area contributed by atoms with E-state index < -0.39 is 26.1 Å². The van der Waals surface area contributed by atoms with Crippen LogP contribution in [0.3, 0.4) is 0 Å². The second-order valence-corrected chi connectivity index (χ2v) is 11.9. The number of nitro benzene ring substituents is 1. The van der Waals surface area contributed by atoms with Crippen LogP contribution in [0, 0.1) is 10.1 Å². The minimum atomic E-state index is -2.71. The molecule has 4 aromatic rings. The Balaban J connectivity index is 1.52. The molecule has 3 aromatic carbocycles. The van der Waals surface area contributed by atoms with E-state index in [4.69, 9.17) is 9.47 Å². The highest BCUT2D eigenvalue weighted by molar-refractivity contribution is 7.93. The van der Waals surface area contributed by atoms with Gasteiger partial charge in [-0.05, 0) is 47.4 Å². The lowest BCUT2D eigenvalue weighted by atomic mass is 10.0. The molecule has 2 heterocycles. The lowest BCUT2D eigenvalue weighted by molar-refractivity contribution is -0.384. The van der Waals surface area contributed by atoms with Crippen LogP contribution >= 0.6 is 0 Å². The molecule has 202 valence electrons. The van der Waals surface area contributed by atoms with Crippen LogP contribution in [-0.2, 0) is 23.4 Å². The van der Waals surface area contributed by atoms with Gasteiger partial charge in [-0.3, -0.25) is 14.9 Å². The number of ether oxygens (including phenoxy) is 2. The Morgan fingerprint density at radius 3 is 2.54 bits per heavy atom. The molecule has 0 unspecified atom stereocenters. The lowest BCUT2D eigenvalue weighted by Gasteiger charge is -2.16. The number of fused-ring (bicyclic) bond motifs is 1. The van der Waals surface area contributed by atoms with Crippen LogP contribution in [0.1, 0.15) is 40.7 Å². The van der Waals surface area contributed by atoms with Gasteiger partial charge < -0.3 is 9.47 Å². The van der Waals surface area contributed by atoms with Crippen molar-refractivity contribution in [3.05, 3.63) is 87.6 Å². The van der Waals surface area contributed by atoms with Crippen LogP contribution < -0.4 is 9.47 Å². The standard InChI is InChI=1S/C28H28N4O6S/c1-31-28(38-18-19-10-11-20-8-4-5-9-21(20)16-19)23(17-29-31)27(33)22-12-13-24(37-2)25(26(22)32(34)35)30-39(36)14-6-3-7-15-39/h4-5,8-13,16-17H,3,6-7,14-15,18H2,1-2H3. The van der Waals surface area contributed by atoms with E-state index in [0.29, 0.717) is 11.5 Å². The molecule has 0 amide bonds. The molecule has 0 N–H and O–H groups in total. The Hall–Kier alpha value is -4.25. The highest BCUT2D eigenvalue weighted by atomic mass is 32.2. The molecule has 10 nitrogen and oxygen atoms in total. The molecule has 1 aliphatic rings. The molecule has 1 saturated heterocycles. The molecule has 1 aliphatic heterocycles. The highest BCUT2D eigenvalue weighted by Crippen LogP contribution is 2.42. The van der Waals surface area contributed by atoms with Gasteiger partial charge in [0.1, 0.15) is 17.7 Å². The van der Waals surface area contributed by atoms with Crippen molar-refractivity contribution in [1.29, 1.82) is 0 Å². The van der Waals surface area contributed by atoms with Crippen molar-refractivity contribution in [3.8, 4) is 11.6 Å². The number of rotatable bonds is 8. The first kappa shape index (κ1) is 26.4. The van der Waals surface area contributed by atoms with Gasteiger partial charge in [0.05, 0.1) is 28.0 Å². The smallest absolute Gasteiger partial charge is 0.310 e. The zero-order chi connectivity index (χ0) is 27.6. The van der Waals surface area contributed by atoms with Crippen LogP contribution in [0.2, 0.25) is 0 Å². The van der Waals surface area contributed by atoms with Gasteiger partial charge in [-0.2, -0.15) is 9.46 Å². The first-order valence-corrected chi connectivity index (χ1v) is 14.4. The van der Waals surface area contributed by atoms with Gasteiger partial charge >= 0.3 is 5.69 Å². The fourth-order valence-electron chi connectivity index (χ4n) is 4.75. The van der Waals surface area contributed by atoms with Crippen LogP contribution in [0.15, 0.2) is 65.2 Å². The second-order valence-electron chi connectivity index (χ2n) is 9.39. The summed E-state index contributed by atoms with van der Waals surface area (Å²) in [4.78, 5) is 25.3. The van der Waals surface area contributed by atoms with Gasteiger partial charge in [-0.15, -0.1) is 0 Å². The van der Waals surface area contributed by atoms with Crippen molar-refractivity contribution in [2.24, 2.45) is 11.4 Å². The minimum Gasteiger partial charge on any atom is -0.494 e. The molecule has 0 atom stereocenters. The molecule has 0 spiro atoms. The topological polar surface area (TPSA) is 126 Å². The molecular weight excluding hydrogens is 520 g/mol. The fourth-order valence-corrected chi connectivity index (χ4v) is 6.96. The number of ketones is 1. The number of aryl methyl sites for hydroxylation is 1. The van der Waals surface area contributed by atoms with E-state index in [1.807, 2.05) is 42.5 Å². The molecule has 0 bridgehead atoms. The van der Waals surface area contributed by atoms with Crippen molar-refractivity contribution >= 4 is 37.7 Å². The van der Waals surface area contributed by atoms with E-state index >= 15 is 0 Å². The Labute approximate surface area is 225 Å². The average Bonchev–Trinajstić information content (AvgIpc) is 3.31. The van der Waals surface area contributed by atoms with Crippen molar-refractivity contribution < 1.29 is 23.4 Å². The zero-order valence-electron chi connectivity index (χ0n) is 21.7. The molecule has 0 radical (unpaired) electrons. The van der Waals surface area contributed by atoms with E-state index in [-0.39, 0.29) is 35.1 Å². The summed E-state index contributed by atoms with van der Waals surface area (Å²) in [5.41, 5.74) is 0.0297. The van der Waals surface area contributed by atoms with Crippen molar-refractivity contribution in [3.63, 3.8) is 0 Å². The maximum Gasteiger partial charge on any atom is 0.310 e. The maximum absolute atomic E-state index is 13.7. The van der Waals surface area contributed by atoms with Crippen LogP contribution in [0.25, 0.3) is 10.8 Å². The van der Waals surface area contributed by atoms with Gasteiger partial charge in [0.15, 0.2) is 11.4 Å².